The van der Waals surface area contributed by atoms with Crippen molar-refractivity contribution in [3.63, 3.8) is 0 Å². The molecule has 0 N–H and O–H groups in total. The third kappa shape index (κ3) is 1.59. The van der Waals surface area contributed by atoms with E-state index in [9.17, 15) is 4.79 Å². The second kappa shape index (κ2) is 3.19. The predicted molar refractivity (Wildman–Crippen MR) is 42.0 cm³/mol. The van der Waals surface area contributed by atoms with Crippen LogP contribution in [0.5, 0.6) is 0 Å². The zero-order valence-electron chi connectivity index (χ0n) is 5.76. The fourth-order valence-corrected chi connectivity index (χ4v) is 1.53. The zero-order chi connectivity index (χ0) is 7.56. The van der Waals surface area contributed by atoms with Crippen LogP contribution in [0.3, 0.4) is 0 Å². The molecule has 1 atom stereocenters. The lowest BCUT2D eigenvalue weighted by Crippen LogP contribution is -2.01. The van der Waals surface area contributed by atoms with Crippen molar-refractivity contribution in [3.8, 4) is 0 Å². The molecule has 0 fully saturated rings. The van der Waals surface area contributed by atoms with E-state index in [1.54, 1.807) is 0 Å². The lowest BCUT2D eigenvalue weighted by Gasteiger charge is -1.95. The number of esters is 1. The Hall–Kier alpha value is -0.310. The first-order chi connectivity index (χ1) is 4.74. The Morgan fingerprint density at radius 2 is 2.60 bits per heavy atom. The van der Waals surface area contributed by atoms with Crippen LogP contribution in [0.4, 0.5) is 0 Å². The summed E-state index contributed by atoms with van der Waals surface area (Å²) in [5, 5.41) is 0. The molecule has 0 saturated carbocycles. The van der Waals surface area contributed by atoms with E-state index in [0.717, 1.165) is 18.4 Å². The Morgan fingerprint density at radius 1 is 1.90 bits per heavy atom. The van der Waals surface area contributed by atoms with Gasteiger partial charge in [0.25, 0.3) is 0 Å². The van der Waals surface area contributed by atoms with Gasteiger partial charge in [-0.2, -0.15) is 0 Å². The van der Waals surface area contributed by atoms with Crippen molar-refractivity contribution in [1.29, 1.82) is 0 Å². The van der Waals surface area contributed by atoms with Gasteiger partial charge in [-0.05, 0) is 12.8 Å². The molecule has 0 aliphatic heterocycles. The van der Waals surface area contributed by atoms with E-state index >= 15 is 0 Å². The fraction of sp³-hybridized carbons (Fsp3) is 0.571. The third-order valence-electron chi connectivity index (χ3n) is 1.52. The number of carbonyl (C=O) groups excluding carboxylic acids is 1. The number of carbonyl (C=O) groups is 1. The van der Waals surface area contributed by atoms with Crippen LogP contribution < -0.4 is 0 Å². The summed E-state index contributed by atoms with van der Waals surface area (Å²) in [6.07, 6.45) is 3.75. The number of ether oxygens (including phenoxy) is 1. The number of hydrogen-bond donors (Lipinski definition) is 0. The van der Waals surface area contributed by atoms with Crippen LogP contribution in [-0.4, -0.2) is 17.9 Å². The van der Waals surface area contributed by atoms with Gasteiger partial charge >= 0.3 is 5.97 Å². The van der Waals surface area contributed by atoms with Crippen LogP contribution in [0, 0.1) is 0 Å². The molecule has 0 aromatic carbocycles. The molecule has 0 aromatic rings. The highest BCUT2D eigenvalue weighted by Gasteiger charge is 2.18. The monoisotopic (exact) mass is 204 g/mol. The Kier molecular flexibility index (Phi) is 2.49. The van der Waals surface area contributed by atoms with Gasteiger partial charge in [0.15, 0.2) is 0 Å². The highest BCUT2D eigenvalue weighted by atomic mass is 79.9. The number of hydrogen-bond acceptors (Lipinski definition) is 2. The summed E-state index contributed by atoms with van der Waals surface area (Å²) in [4.78, 5) is 11.2. The van der Waals surface area contributed by atoms with E-state index in [2.05, 4.69) is 20.7 Å². The van der Waals surface area contributed by atoms with Gasteiger partial charge in [-0.15, -0.1) is 0 Å². The van der Waals surface area contributed by atoms with E-state index in [0.29, 0.717) is 4.83 Å². The molecule has 0 bridgehead atoms. The summed E-state index contributed by atoms with van der Waals surface area (Å²) < 4.78 is 4.55. The lowest BCUT2D eigenvalue weighted by atomic mass is 10.2. The minimum absolute atomic E-state index is 0.193. The summed E-state index contributed by atoms with van der Waals surface area (Å²) in [5.41, 5.74) is 0.796. The lowest BCUT2D eigenvalue weighted by molar-refractivity contribution is -0.136. The Bertz CT molecular complexity index is 174. The molecule has 0 aromatic heterocycles. The van der Waals surface area contributed by atoms with Crippen molar-refractivity contribution in [2.45, 2.75) is 17.7 Å². The first kappa shape index (κ1) is 7.79. The minimum atomic E-state index is -0.193. The maximum absolute atomic E-state index is 10.8. The van der Waals surface area contributed by atoms with Gasteiger partial charge in [-0.1, -0.05) is 22.0 Å². The van der Waals surface area contributed by atoms with Crippen molar-refractivity contribution in [2.75, 3.05) is 7.11 Å². The Balaban J connectivity index is 2.57. The molecule has 10 heavy (non-hydrogen) atoms. The highest BCUT2D eigenvalue weighted by Crippen LogP contribution is 2.24. The van der Waals surface area contributed by atoms with Crippen molar-refractivity contribution in [2.24, 2.45) is 0 Å². The second-order valence-corrected chi connectivity index (χ2v) is 3.41. The van der Waals surface area contributed by atoms with Crippen LogP contribution in [0.1, 0.15) is 12.8 Å². The van der Waals surface area contributed by atoms with Crippen LogP contribution in [0.2, 0.25) is 0 Å². The molecule has 56 valence electrons. The molecule has 0 heterocycles. The molecular weight excluding hydrogens is 196 g/mol. The maximum Gasteiger partial charge on any atom is 0.333 e. The largest absolute Gasteiger partial charge is 0.466 e. The first-order valence-electron chi connectivity index (χ1n) is 3.17. The molecule has 1 rings (SSSR count). The second-order valence-electron chi connectivity index (χ2n) is 2.24. The molecular formula is C7H9BrO2. The van der Waals surface area contributed by atoms with E-state index in [-0.39, 0.29) is 5.97 Å². The molecule has 2 nitrogen and oxygen atoms in total. The van der Waals surface area contributed by atoms with Crippen LogP contribution >= 0.6 is 15.9 Å². The maximum atomic E-state index is 10.8. The van der Waals surface area contributed by atoms with Gasteiger partial charge in [-0.25, -0.2) is 4.79 Å². The molecule has 0 radical (unpaired) electrons. The first-order valence-corrected chi connectivity index (χ1v) is 4.08. The average molecular weight is 205 g/mol. The molecule has 3 heteroatoms. The van der Waals surface area contributed by atoms with E-state index in [1.807, 2.05) is 6.08 Å². The van der Waals surface area contributed by atoms with E-state index in [4.69, 9.17) is 0 Å². The van der Waals surface area contributed by atoms with Crippen molar-refractivity contribution >= 4 is 21.9 Å². The number of methoxy groups -OCH3 is 1. The average Bonchev–Trinajstić information content (AvgIpc) is 2.34. The predicted octanol–water partition coefficient (Wildman–Crippen LogP) is 1.64. The highest BCUT2D eigenvalue weighted by molar-refractivity contribution is 9.09. The van der Waals surface area contributed by atoms with Crippen molar-refractivity contribution in [1.82, 2.24) is 0 Å². The van der Waals surface area contributed by atoms with Crippen LogP contribution in [-0.2, 0) is 9.53 Å². The number of alkyl halides is 1. The SMILES string of the molecule is COC(=O)C1=CC(Br)CC1. The standard InChI is InChI=1S/C7H9BrO2/c1-10-7(9)5-2-3-6(8)4-5/h4,6H,2-3H2,1H3. The van der Waals surface area contributed by atoms with Crippen molar-refractivity contribution in [3.05, 3.63) is 11.6 Å². The molecule has 0 saturated heterocycles. The van der Waals surface area contributed by atoms with Gasteiger partial charge < -0.3 is 4.74 Å². The minimum Gasteiger partial charge on any atom is -0.466 e. The summed E-state index contributed by atoms with van der Waals surface area (Å²) in [5.74, 6) is -0.193. The molecule has 1 aliphatic rings. The van der Waals surface area contributed by atoms with Crippen LogP contribution in [0.25, 0.3) is 0 Å². The fourth-order valence-electron chi connectivity index (χ4n) is 0.980. The third-order valence-corrected chi connectivity index (χ3v) is 2.24. The molecule has 0 amide bonds. The Morgan fingerprint density at radius 3 is 3.00 bits per heavy atom. The number of allylic oxidation sites excluding steroid dienone is 1. The van der Waals surface area contributed by atoms with Gasteiger partial charge in [0, 0.05) is 10.4 Å². The van der Waals surface area contributed by atoms with Gasteiger partial charge in [0.1, 0.15) is 0 Å². The normalized spacial score (nSPS) is 24.2. The smallest absolute Gasteiger partial charge is 0.333 e. The summed E-state index contributed by atoms with van der Waals surface area (Å²) in [7, 11) is 1.41. The topological polar surface area (TPSA) is 26.3 Å². The van der Waals surface area contributed by atoms with E-state index < -0.39 is 0 Å². The quantitative estimate of drug-likeness (QED) is 0.480. The summed E-state index contributed by atoms with van der Waals surface area (Å²) >= 11 is 3.39. The number of halogens is 1. The molecule has 1 aliphatic carbocycles. The van der Waals surface area contributed by atoms with Crippen molar-refractivity contribution < 1.29 is 9.53 Å². The van der Waals surface area contributed by atoms with Gasteiger partial charge in [-0.3, -0.25) is 0 Å². The molecule has 1 unspecified atom stereocenters. The number of rotatable bonds is 1. The van der Waals surface area contributed by atoms with Crippen LogP contribution in [0.15, 0.2) is 11.6 Å². The molecule has 0 spiro atoms. The Labute approximate surface area is 68.4 Å². The van der Waals surface area contributed by atoms with Gasteiger partial charge in [0.2, 0.25) is 0 Å². The van der Waals surface area contributed by atoms with E-state index in [1.165, 1.54) is 7.11 Å². The summed E-state index contributed by atoms with van der Waals surface area (Å²) in [6, 6.07) is 0. The van der Waals surface area contributed by atoms with Gasteiger partial charge in [0.05, 0.1) is 7.11 Å². The zero-order valence-corrected chi connectivity index (χ0v) is 7.35. The summed E-state index contributed by atoms with van der Waals surface area (Å²) in [6.45, 7) is 0.